The summed E-state index contributed by atoms with van der Waals surface area (Å²) in [5.41, 5.74) is 0. The van der Waals surface area contributed by atoms with Crippen molar-refractivity contribution in [2.75, 3.05) is 31.6 Å². The highest BCUT2D eigenvalue weighted by molar-refractivity contribution is 7.91. The van der Waals surface area contributed by atoms with E-state index in [4.69, 9.17) is 0 Å². The van der Waals surface area contributed by atoms with Gasteiger partial charge in [0.25, 0.3) is 0 Å². The van der Waals surface area contributed by atoms with Crippen LogP contribution >= 0.6 is 0 Å². The Balaban J connectivity index is 2.46. The van der Waals surface area contributed by atoms with Gasteiger partial charge in [0, 0.05) is 39.5 Å². The normalized spacial score (nSPS) is 20.2. The highest BCUT2D eigenvalue weighted by Gasteiger charge is 2.32. The summed E-state index contributed by atoms with van der Waals surface area (Å²) in [7, 11) is -1.34. The van der Waals surface area contributed by atoms with Gasteiger partial charge in [0.05, 0.1) is 11.5 Å². The molecule has 0 aromatic carbocycles. The summed E-state index contributed by atoms with van der Waals surface area (Å²) in [4.78, 5) is 26.8. The molecule has 0 saturated carbocycles. The van der Waals surface area contributed by atoms with Crippen molar-refractivity contribution in [3.8, 4) is 0 Å². The fraction of sp³-hybridized carbons (Fsp3) is 0.857. The molecule has 0 spiro atoms. The Morgan fingerprint density at radius 1 is 1.24 bits per heavy atom. The van der Waals surface area contributed by atoms with Gasteiger partial charge in [-0.2, -0.15) is 0 Å². The Kier molecular flexibility index (Phi) is 6.64. The van der Waals surface area contributed by atoms with Crippen molar-refractivity contribution in [3.63, 3.8) is 0 Å². The predicted octanol–water partition coefficient (Wildman–Crippen LogP) is 0.671. The molecule has 0 aliphatic carbocycles. The van der Waals surface area contributed by atoms with Crippen molar-refractivity contribution in [1.82, 2.24) is 9.80 Å². The number of rotatable bonds is 7. The van der Waals surface area contributed by atoms with Crippen molar-refractivity contribution in [3.05, 3.63) is 0 Å². The van der Waals surface area contributed by atoms with Crippen molar-refractivity contribution in [2.45, 2.75) is 45.6 Å². The maximum absolute atomic E-state index is 12.1. The average molecular weight is 318 g/mol. The summed E-state index contributed by atoms with van der Waals surface area (Å²) < 4.78 is 22.9. The molecule has 122 valence electrons. The Morgan fingerprint density at radius 3 is 2.38 bits per heavy atom. The molecule has 2 amide bonds. The number of nitrogens with zero attached hydrogens (tertiary/aromatic N) is 2. The number of carbonyl (C=O) groups excluding carboxylic acids is 2. The molecule has 1 aliphatic rings. The molecule has 1 heterocycles. The molecule has 1 rings (SSSR count). The lowest BCUT2D eigenvalue weighted by atomic mass is 10.2. The first-order valence-electron chi connectivity index (χ1n) is 7.48. The van der Waals surface area contributed by atoms with Crippen LogP contribution in [-0.2, 0) is 19.4 Å². The van der Waals surface area contributed by atoms with Gasteiger partial charge >= 0.3 is 0 Å². The number of amides is 2. The molecule has 1 atom stereocenters. The lowest BCUT2D eigenvalue weighted by Crippen LogP contribution is -2.40. The fourth-order valence-electron chi connectivity index (χ4n) is 2.47. The van der Waals surface area contributed by atoms with Crippen molar-refractivity contribution in [1.29, 1.82) is 0 Å². The van der Waals surface area contributed by atoms with Gasteiger partial charge in [-0.15, -0.1) is 0 Å². The van der Waals surface area contributed by atoms with Gasteiger partial charge in [0.15, 0.2) is 9.84 Å². The van der Waals surface area contributed by atoms with Crippen molar-refractivity contribution < 1.29 is 18.0 Å². The molecule has 0 aromatic rings. The molecule has 7 heteroatoms. The van der Waals surface area contributed by atoms with Crippen molar-refractivity contribution in [2.24, 2.45) is 0 Å². The van der Waals surface area contributed by atoms with Crippen LogP contribution in [0.1, 0.15) is 39.5 Å². The minimum atomic E-state index is -2.99. The van der Waals surface area contributed by atoms with Crippen LogP contribution in [-0.4, -0.2) is 67.7 Å². The molecule has 0 N–H and O–H groups in total. The number of hydrogen-bond acceptors (Lipinski definition) is 4. The zero-order chi connectivity index (χ0) is 16.0. The molecule has 1 unspecified atom stereocenters. The fourth-order valence-corrected chi connectivity index (χ4v) is 4.24. The second-order valence-electron chi connectivity index (χ2n) is 5.67. The summed E-state index contributed by atoms with van der Waals surface area (Å²) in [6.07, 6.45) is 2.68. The van der Waals surface area contributed by atoms with Crippen LogP contribution in [0.25, 0.3) is 0 Å². The van der Waals surface area contributed by atoms with Gasteiger partial charge in [-0.25, -0.2) is 8.42 Å². The first-order chi connectivity index (χ1) is 9.76. The van der Waals surface area contributed by atoms with Crippen LogP contribution in [0.3, 0.4) is 0 Å². The van der Waals surface area contributed by atoms with Gasteiger partial charge in [0.1, 0.15) is 0 Å². The molecule has 0 bridgehead atoms. The summed E-state index contributed by atoms with van der Waals surface area (Å²) in [5.74, 6) is 0.0922. The van der Waals surface area contributed by atoms with Crippen molar-refractivity contribution >= 4 is 21.7 Å². The first-order valence-corrected chi connectivity index (χ1v) is 9.30. The molecule has 0 aromatic heterocycles. The highest BCUT2D eigenvalue weighted by atomic mass is 32.2. The number of carbonyl (C=O) groups is 2. The van der Waals surface area contributed by atoms with E-state index in [-0.39, 0.29) is 35.8 Å². The van der Waals surface area contributed by atoms with E-state index >= 15 is 0 Å². The Bertz CT molecular complexity index is 475. The van der Waals surface area contributed by atoms with Crippen LogP contribution in [0, 0.1) is 0 Å². The average Bonchev–Trinajstić information content (AvgIpc) is 2.77. The maximum Gasteiger partial charge on any atom is 0.224 e. The summed E-state index contributed by atoms with van der Waals surface area (Å²) in [6, 6.07) is -0.219. The standard InChI is InChI=1S/C14H26N2O4S/c1-4-5-8-16(12(2)17)9-6-14(18)15(3)13-7-10-21(19,20)11-13/h13H,4-11H2,1-3H3. The van der Waals surface area contributed by atoms with E-state index in [0.717, 1.165) is 12.8 Å². The van der Waals surface area contributed by atoms with Gasteiger partial charge < -0.3 is 9.80 Å². The summed E-state index contributed by atoms with van der Waals surface area (Å²) in [6.45, 7) is 4.63. The Labute approximate surface area is 127 Å². The smallest absolute Gasteiger partial charge is 0.224 e. The minimum Gasteiger partial charge on any atom is -0.342 e. The van der Waals surface area contributed by atoms with E-state index < -0.39 is 9.84 Å². The third kappa shape index (κ3) is 5.65. The van der Waals surface area contributed by atoms with Gasteiger partial charge in [-0.3, -0.25) is 9.59 Å². The number of sulfone groups is 1. The summed E-state index contributed by atoms with van der Waals surface area (Å²) >= 11 is 0. The quantitative estimate of drug-likeness (QED) is 0.691. The molecular formula is C14H26N2O4S. The lowest BCUT2D eigenvalue weighted by molar-refractivity contribution is -0.133. The van der Waals surface area contributed by atoms with Gasteiger partial charge in [-0.05, 0) is 12.8 Å². The largest absolute Gasteiger partial charge is 0.342 e. The van der Waals surface area contributed by atoms with E-state index in [1.165, 1.54) is 11.8 Å². The number of hydrogen-bond donors (Lipinski definition) is 0. The highest BCUT2D eigenvalue weighted by Crippen LogP contribution is 2.17. The van der Waals surface area contributed by atoms with E-state index in [0.29, 0.717) is 19.5 Å². The van der Waals surface area contributed by atoms with E-state index in [2.05, 4.69) is 6.92 Å². The van der Waals surface area contributed by atoms with E-state index in [1.807, 2.05) is 0 Å². The zero-order valence-corrected chi connectivity index (χ0v) is 14.0. The zero-order valence-electron chi connectivity index (χ0n) is 13.2. The third-order valence-electron chi connectivity index (χ3n) is 3.97. The number of unbranched alkanes of at least 4 members (excludes halogenated alkanes) is 1. The molecule has 1 saturated heterocycles. The van der Waals surface area contributed by atoms with Gasteiger partial charge in [0.2, 0.25) is 11.8 Å². The van der Waals surface area contributed by atoms with Crippen LogP contribution in [0.15, 0.2) is 0 Å². The Hall–Kier alpha value is -1.11. The predicted molar refractivity (Wildman–Crippen MR) is 81.6 cm³/mol. The van der Waals surface area contributed by atoms with Gasteiger partial charge in [-0.1, -0.05) is 13.3 Å². The van der Waals surface area contributed by atoms with E-state index in [1.54, 1.807) is 11.9 Å². The molecule has 21 heavy (non-hydrogen) atoms. The van der Waals surface area contributed by atoms with Crippen LogP contribution < -0.4 is 0 Å². The van der Waals surface area contributed by atoms with Crippen LogP contribution in [0.5, 0.6) is 0 Å². The maximum atomic E-state index is 12.1. The molecular weight excluding hydrogens is 292 g/mol. The SMILES string of the molecule is CCCCN(CCC(=O)N(C)C1CCS(=O)(=O)C1)C(C)=O. The Morgan fingerprint density at radius 2 is 1.90 bits per heavy atom. The first kappa shape index (κ1) is 17.9. The second kappa shape index (κ2) is 7.77. The molecule has 1 aliphatic heterocycles. The molecule has 6 nitrogen and oxygen atoms in total. The third-order valence-corrected chi connectivity index (χ3v) is 5.72. The van der Waals surface area contributed by atoms with Crippen LogP contribution in [0.4, 0.5) is 0 Å². The lowest BCUT2D eigenvalue weighted by Gasteiger charge is -2.26. The molecule has 0 radical (unpaired) electrons. The topological polar surface area (TPSA) is 74.8 Å². The van der Waals surface area contributed by atoms with Crippen LogP contribution in [0.2, 0.25) is 0 Å². The minimum absolute atomic E-state index is 0.0256. The second-order valence-corrected chi connectivity index (χ2v) is 7.90. The molecule has 1 fully saturated rings. The monoisotopic (exact) mass is 318 g/mol. The summed E-state index contributed by atoms with van der Waals surface area (Å²) in [5, 5.41) is 0. The van der Waals surface area contributed by atoms with E-state index in [9.17, 15) is 18.0 Å².